The Morgan fingerprint density at radius 3 is 2.54 bits per heavy atom. The molecule has 28 heavy (non-hydrogen) atoms. The zero-order valence-electron chi connectivity index (χ0n) is 17.5. The van der Waals surface area contributed by atoms with Crippen LogP contribution in [0.1, 0.15) is 59.3 Å². The average Bonchev–Trinajstić information content (AvgIpc) is 3.38. The Labute approximate surface area is 177 Å². The van der Waals surface area contributed by atoms with Crippen molar-refractivity contribution in [3.05, 3.63) is 12.2 Å². The summed E-state index contributed by atoms with van der Waals surface area (Å²) >= 11 is 4.09. The minimum absolute atomic E-state index is 0.0463. The minimum atomic E-state index is -1.39. The Bertz CT molecular complexity index is 548. The Morgan fingerprint density at radius 1 is 1.21 bits per heavy atom. The van der Waals surface area contributed by atoms with E-state index in [1.54, 1.807) is 0 Å². The predicted molar refractivity (Wildman–Crippen MR) is 117 cm³/mol. The molecule has 0 aromatic carbocycles. The van der Waals surface area contributed by atoms with Crippen LogP contribution in [0.2, 0.25) is 0 Å². The molecule has 2 heterocycles. The van der Waals surface area contributed by atoms with Crippen molar-refractivity contribution >= 4 is 29.3 Å². The molecule has 2 aliphatic heterocycles. The van der Waals surface area contributed by atoms with Gasteiger partial charge in [0.1, 0.15) is 0 Å². The number of halogens is 1. The Kier molecular flexibility index (Phi) is 7.96. The van der Waals surface area contributed by atoms with Crippen molar-refractivity contribution in [3.8, 4) is 0 Å². The van der Waals surface area contributed by atoms with Crippen molar-refractivity contribution in [2.45, 2.75) is 75.8 Å². The lowest BCUT2D eigenvalue weighted by Crippen LogP contribution is -2.36. The molecule has 3 atom stereocenters. The van der Waals surface area contributed by atoms with Crippen LogP contribution in [0.5, 0.6) is 0 Å². The standard InChI is InChI=1S/C22H35FO3S2/c1-21(2,3)10-9-18(23)19(24)6-4-16-8-11-22(25-12-13-26-22)17(16)5-7-20-27-14-15-28-20/h4,6,16-18,20H,5,7-15H2,1-3H3/b6-4+. The van der Waals surface area contributed by atoms with Gasteiger partial charge >= 0.3 is 0 Å². The summed E-state index contributed by atoms with van der Waals surface area (Å²) < 4.78 is 27.1. The first-order valence-corrected chi connectivity index (χ1v) is 12.8. The number of alkyl halides is 1. The molecule has 0 N–H and O–H groups in total. The number of hydrogen-bond acceptors (Lipinski definition) is 5. The highest BCUT2D eigenvalue weighted by atomic mass is 32.2. The molecule has 3 nitrogen and oxygen atoms in total. The Morgan fingerprint density at radius 2 is 1.89 bits per heavy atom. The third-order valence-electron chi connectivity index (χ3n) is 6.05. The van der Waals surface area contributed by atoms with Gasteiger partial charge in [-0.1, -0.05) is 26.8 Å². The second-order valence-electron chi connectivity index (χ2n) is 9.39. The summed E-state index contributed by atoms with van der Waals surface area (Å²) in [5.74, 6) is 2.10. The molecule has 1 saturated carbocycles. The molecule has 0 aromatic heterocycles. The summed E-state index contributed by atoms with van der Waals surface area (Å²) in [6, 6.07) is 0. The number of thioether (sulfide) groups is 2. The van der Waals surface area contributed by atoms with Gasteiger partial charge in [-0.25, -0.2) is 4.39 Å². The SMILES string of the molecule is CC(C)(C)CCC(F)C(=O)/C=C/C1CCC2(OCCO2)C1CCC1SCCS1. The fraction of sp³-hybridized carbons (Fsp3) is 0.864. The first-order chi connectivity index (χ1) is 13.3. The number of carbonyl (C=O) groups excluding carboxylic acids is 1. The first kappa shape index (κ1) is 22.6. The van der Waals surface area contributed by atoms with Gasteiger partial charge in [0.25, 0.3) is 0 Å². The van der Waals surface area contributed by atoms with Crippen LogP contribution in [0, 0.1) is 17.3 Å². The van der Waals surface area contributed by atoms with Gasteiger partial charge in [-0.15, -0.1) is 23.5 Å². The van der Waals surface area contributed by atoms with Crippen LogP contribution in [-0.2, 0) is 14.3 Å². The molecule has 0 radical (unpaired) electrons. The van der Waals surface area contributed by atoms with E-state index in [4.69, 9.17) is 9.47 Å². The zero-order valence-corrected chi connectivity index (χ0v) is 19.1. The largest absolute Gasteiger partial charge is 0.347 e. The number of ketones is 1. The van der Waals surface area contributed by atoms with E-state index in [9.17, 15) is 9.18 Å². The smallest absolute Gasteiger partial charge is 0.189 e. The quantitative estimate of drug-likeness (QED) is 0.466. The molecule has 0 amide bonds. The van der Waals surface area contributed by atoms with E-state index in [0.29, 0.717) is 30.6 Å². The molecule has 3 aliphatic rings. The average molecular weight is 431 g/mol. The van der Waals surface area contributed by atoms with Crippen molar-refractivity contribution in [3.63, 3.8) is 0 Å². The fourth-order valence-electron chi connectivity index (χ4n) is 4.49. The van der Waals surface area contributed by atoms with Gasteiger partial charge in [0.05, 0.1) is 17.8 Å². The second-order valence-corrected chi connectivity index (χ2v) is 12.3. The number of ether oxygens (including phenoxy) is 2. The van der Waals surface area contributed by atoms with Gasteiger partial charge in [-0.2, -0.15) is 0 Å². The molecule has 6 heteroatoms. The van der Waals surface area contributed by atoms with Crippen molar-refractivity contribution in [2.24, 2.45) is 17.3 Å². The minimum Gasteiger partial charge on any atom is -0.347 e. The van der Waals surface area contributed by atoms with Gasteiger partial charge in [0, 0.05) is 23.8 Å². The molecule has 3 rings (SSSR count). The molecule has 1 aliphatic carbocycles. The van der Waals surface area contributed by atoms with Gasteiger partial charge < -0.3 is 9.47 Å². The van der Waals surface area contributed by atoms with Gasteiger partial charge in [-0.3, -0.25) is 4.79 Å². The van der Waals surface area contributed by atoms with Crippen LogP contribution < -0.4 is 0 Å². The first-order valence-electron chi connectivity index (χ1n) is 10.7. The molecule has 160 valence electrons. The van der Waals surface area contributed by atoms with E-state index in [2.05, 4.69) is 20.8 Å². The van der Waals surface area contributed by atoms with Gasteiger partial charge in [0.15, 0.2) is 17.7 Å². The van der Waals surface area contributed by atoms with Crippen LogP contribution >= 0.6 is 23.5 Å². The lowest BCUT2D eigenvalue weighted by Gasteiger charge is -2.32. The van der Waals surface area contributed by atoms with Crippen molar-refractivity contribution in [1.82, 2.24) is 0 Å². The van der Waals surface area contributed by atoms with Gasteiger partial charge in [-0.05, 0) is 49.5 Å². The van der Waals surface area contributed by atoms with E-state index in [1.165, 1.54) is 17.6 Å². The van der Waals surface area contributed by atoms with Crippen LogP contribution in [-0.4, -0.2) is 47.0 Å². The van der Waals surface area contributed by atoms with Crippen LogP contribution in [0.3, 0.4) is 0 Å². The molecular weight excluding hydrogens is 395 g/mol. The second kappa shape index (κ2) is 9.84. The summed E-state index contributed by atoms with van der Waals surface area (Å²) in [5, 5.41) is 0. The summed E-state index contributed by atoms with van der Waals surface area (Å²) in [7, 11) is 0. The zero-order chi connectivity index (χ0) is 20.2. The predicted octanol–water partition coefficient (Wildman–Crippen LogP) is 5.63. The van der Waals surface area contributed by atoms with Crippen LogP contribution in [0.4, 0.5) is 4.39 Å². The molecule has 1 spiro atoms. The maximum Gasteiger partial charge on any atom is 0.189 e. The molecule has 3 unspecified atom stereocenters. The van der Waals surface area contributed by atoms with Crippen molar-refractivity contribution in [2.75, 3.05) is 24.7 Å². The maximum atomic E-state index is 14.3. The fourth-order valence-corrected chi connectivity index (χ4v) is 7.35. The van der Waals surface area contributed by atoms with Crippen molar-refractivity contribution < 1.29 is 18.7 Å². The molecule has 0 bridgehead atoms. The number of rotatable bonds is 8. The molecular formula is C22H35FO3S2. The highest BCUT2D eigenvalue weighted by Crippen LogP contribution is 2.50. The summed E-state index contributed by atoms with van der Waals surface area (Å²) in [4.78, 5) is 12.3. The molecule has 0 aromatic rings. The van der Waals surface area contributed by atoms with E-state index in [0.717, 1.165) is 25.7 Å². The van der Waals surface area contributed by atoms with Crippen molar-refractivity contribution in [1.29, 1.82) is 0 Å². The summed E-state index contributed by atoms with van der Waals surface area (Å²) in [6.07, 6.45) is 7.06. The molecule has 2 saturated heterocycles. The third-order valence-corrected chi connectivity index (χ3v) is 9.22. The van der Waals surface area contributed by atoms with Crippen LogP contribution in [0.15, 0.2) is 12.2 Å². The number of hydrogen-bond donors (Lipinski definition) is 0. The highest BCUT2D eigenvalue weighted by molar-refractivity contribution is 8.20. The Balaban J connectivity index is 1.58. The number of carbonyl (C=O) groups is 1. The highest BCUT2D eigenvalue weighted by Gasteiger charge is 2.51. The van der Waals surface area contributed by atoms with Crippen LogP contribution in [0.25, 0.3) is 0 Å². The lowest BCUT2D eigenvalue weighted by atomic mass is 9.87. The topological polar surface area (TPSA) is 35.5 Å². The van der Waals surface area contributed by atoms with Gasteiger partial charge in [0.2, 0.25) is 0 Å². The van der Waals surface area contributed by atoms with E-state index in [1.807, 2.05) is 29.6 Å². The van der Waals surface area contributed by atoms with E-state index < -0.39 is 12.0 Å². The lowest BCUT2D eigenvalue weighted by molar-refractivity contribution is -0.185. The van der Waals surface area contributed by atoms with E-state index >= 15 is 0 Å². The summed E-state index contributed by atoms with van der Waals surface area (Å²) in [5.41, 5.74) is 0.0463. The molecule has 3 fully saturated rings. The number of allylic oxidation sites excluding steroid dienone is 2. The van der Waals surface area contributed by atoms with E-state index in [-0.39, 0.29) is 23.0 Å². The normalized spacial score (nSPS) is 29.3. The third kappa shape index (κ3) is 5.99. The summed E-state index contributed by atoms with van der Waals surface area (Å²) in [6.45, 7) is 7.53. The monoisotopic (exact) mass is 430 g/mol. The Hall–Kier alpha value is -0.0400. The maximum absolute atomic E-state index is 14.3.